The van der Waals surface area contributed by atoms with E-state index in [0.717, 1.165) is 5.56 Å². The van der Waals surface area contributed by atoms with E-state index in [9.17, 15) is 4.79 Å². The highest BCUT2D eigenvalue weighted by molar-refractivity contribution is 6.30. The van der Waals surface area contributed by atoms with E-state index < -0.39 is 6.04 Å². The molecule has 0 spiro atoms. The molecule has 3 nitrogen and oxygen atoms in total. The number of hydrogen-bond acceptors (Lipinski definition) is 3. The van der Waals surface area contributed by atoms with Gasteiger partial charge < -0.3 is 10.1 Å². The smallest absolute Gasteiger partial charge is 0.182 e. The summed E-state index contributed by atoms with van der Waals surface area (Å²) in [5, 5.41) is 3.71. The van der Waals surface area contributed by atoms with Crippen molar-refractivity contribution >= 4 is 17.4 Å². The lowest BCUT2D eigenvalue weighted by atomic mass is 9.95. The Morgan fingerprint density at radius 2 is 1.71 bits per heavy atom. The van der Waals surface area contributed by atoms with Crippen LogP contribution in [-0.4, -0.2) is 26.0 Å². The minimum atomic E-state index is -0.460. The molecule has 0 bridgehead atoms. The molecule has 0 aliphatic carbocycles. The maximum absolute atomic E-state index is 12.6. The van der Waals surface area contributed by atoms with Crippen LogP contribution in [0.2, 0.25) is 5.02 Å². The number of rotatable bonds is 6. The van der Waals surface area contributed by atoms with Gasteiger partial charge in [-0.15, -0.1) is 0 Å². The van der Waals surface area contributed by atoms with Crippen molar-refractivity contribution in [1.29, 1.82) is 0 Å². The lowest BCUT2D eigenvalue weighted by Crippen LogP contribution is -2.40. The number of benzene rings is 2. The summed E-state index contributed by atoms with van der Waals surface area (Å²) < 4.78 is 5.55. The van der Waals surface area contributed by atoms with E-state index in [1.807, 2.05) is 30.3 Å². The molecule has 0 aliphatic heterocycles. The molecule has 0 unspecified atom stereocenters. The molecule has 21 heavy (non-hydrogen) atoms. The van der Waals surface area contributed by atoms with Crippen LogP contribution in [0.1, 0.15) is 22.0 Å². The highest BCUT2D eigenvalue weighted by atomic mass is 35.5. The van der Waals surface area contributed by atoms with Crippen LogP contribution >= 0.6 is 11.6 Å². The summed E-state index contributed by atoms with van der Waals surface area (Å²) in [6, 6.07) is 16.1. The summed E-state index contributed by atoms with van der Waals surface area (Å²) in [5.74, 6) is -0.0000926. The van der Waals surface area contributed by atoms with Crippen molar-refractivity contribution in [3.63, 3.8) is 0 Å². The van der Waals surface area contributed by atoms with Crippen molar-refractivity contribution in [2.45, 2.75) is 12.1 Å². The van der Waals surface area contributed by atoms with Crippen LogP contribution in [0, 0.1) is 0 Å². The van der Waals surface area contributed by atoms with Gasteiger partial charge in [0.1, 0.15) is 12.1 Å². The van der Waals surface area contributed by atoms with Gasteiger partial charge in [0.15, 0.2) is 5.78 Å². The summed E-state index contributed by atoms with van der Waals surface area (Å²) in [6.45, 7) is 0. The molecule has 2 rings (SSSR count). The zero-order valence-electron chi connectivity index (χ0n) is 12.0. The van der Waals surface area contributed by atoms with E-state index in [1.54, 1.807) is 38.4 Å². The van der Waals surface area contributed by atoms with Gasteiger partial charge in [-0.3, -0.25) is 4.79 Å². The standard InChI is InChI=1S/C17H18ClNO2/c1-19-15(16(20)12-6-4-3-5-7-12)17(21-2)13-8-10-14(18)11-9-13/h3-11,15,17,19H,1-2H3/t15-,17+/m1/s1. The van der Waals surface area contributed by atoms with E-state index in [0.29, 0.717) is 10.6 Å². The van der Waals surface area contributed by atoms with Gasteiger partial charge in [-0.1, -0.05) is 54.1 Å². The largest absolute Gasteiger partial charge is 0.375 e. The first-order valence-electron chi connectivity index (χ1n) is 6.72. The molecule has 4 heteroatoms. The Labute approximate surface area is 129 Å². The van der Waals surface area contributed by atoms with Gasteiger partial charge in [0.2, 0.25) is 0 Å². The predicted molar refractivity (Wildman–Crippen MR) is 84.8 cm³/mol. The van der Waals surface area contributed by atoms with Crippen molar-refractivity contribution in [2.75, 3.05) is 14.2 Å². The summed E-state index contributed by atoms with van der Waals surface area (Å²) in [6.07, 6.45) is -0.375. The van der Waals surface area contributed by atoms with Gasteiger partial charge in [0, 0.05) is 17.7 Å². The lowest BCUT2D eigenvalue weighted by molar-refractivity contribution is 0.0565. The highest BCUT2D eigenvalue weighted by Crippen LogP contribution is 2.24. The Bertz CT molecular complexity index is 583. The Morgan fingerprint density at radius 3 is 2.24 bits per heavy atom. The van der Waals surface area contributed by atoms with E-state index in [4.69, 9.17) is 16.3 Å². The number of methoxy groups -OCH3 is 1. The van der Waals surface area contributed by atoms with Crippen LogP contribution < -0.4 is 5.32 Å². The molecule has 0 aromatic heterocycles. The number of carbonyl (C=O) groups excluding carboxylic acids is 1. The van der Waals surface area contributed by atoms with Crippen LogP contribution in [0.5, 0.6) is 0 Å². The molecule has 1 N–H and O–H groups in total. The van der Waals surface area contributed by atoms with E-state index in [-0.39, 0.29) is 11.9 Å². The third-order valence-electron chi connectivity index (χ3n) is 3.41. The summed E-state index contributed by atoms with van der Waals surface area (Å²) in [4.78, 5) is 12.6. The number of carbonyl (C=O) groups is 1. The highest BCUT2D eigenvalue weighted by Gasteiger charge is 2.28. The fourth-order valence-electron chi connectivity index (χ4n) is 2.32. The average molecular weight is 304 g/mol. The zero-order valence-corrected chi connectivity index (χ0v) is 12.8. The molecule has 0 saturated carbocycles. The second kappa shape index (κ2) is 7.36. The van der Waals surface area contributed by atoms with Gasteiger partial charge in [-0.2, -0.15) is 0 Å². The molecular weight excluding hydrogens is 286 g/mol. The number of nitrogens with one attached hydrogen (secondary N) is 1. The zero-order chi connectivity index (χ0) is 15.2. The minimum absolute atomic E-state index is 0.0000926. The summed E-state index contributed by atoms with van der Waals surface area (Å²) in [7, 11) is 3.36. The van der Waals surface area contributed by atoms with E-state index in [2.05, 4.69) is 5.32 Å². The Morgan fingerprint density at radius 1 is 1.10 bits per heavy atom. The Balaban J connectivity index is 2.29. The first-order valence-corrected chi connectivity index (χ1v) is 7.10. The topological polar surface area (TPSA) is 38.3 Å². The predicted octanol–water partition coefficient (Wildman–Crippen LogP) is 3.50. The number of likely N-dealkylation sites (N-methyl/N-ethyl adjacent to an activating group) is 1. The monoisotopic (exact) mass is 303 g/mol. The fourth-order valence-corrected chi connectivity index (χ4v) is 2.44. The molecule has 0 fully saturated rings. The van der Waals surface area contributed by atoms with Crippen LogP contribution in [0.25, 0.3) is 0 Å². The minimum Gasteiger partial charge on any atom is -0.375 e. The Kier molecular flexibility index (Phi) is 5.51. The third kappa shape index (κ3) is 3.70. The quantitative estimate of drug-likeness (QED) is 0.830. The first kappa shape index (κ1) is 15.7. The second-order valence-corrected chi connectivity index (χ2v) is 5.14. The van der Waals surface area contributed by atoms with Crippen molar-refractivity contribution in [2.24, 2.45) is 0 Å². The molecule has 0 heterocycles. The molecular formula is C17H18ClNO2. The molecule has 0 aliphatic rings. The van der Waals surface area contributed by atoms with Gasteiger partial charge >= 0.3 is 0 Å². The molecule has 0 radical (unpaired) electrons. The van der Waals surface area contributed by atoms with Crippen LogP contribution in [0.4, 0.5) is 0 Å². The third-order valence-corrected chi connectivity index (χ3v) is 3.66. The van der Waals surface area contributed by atoms with Crippen LogP contribution in [-0.2, 0) is 4.74 Å². The second-order valence-electron chi connectivity index (χ2n) is 4.70. The lowest BCUT2D eigenvalue weighted by Gasteiger charge is -2.25. The fraction of sp³-hybridized carbons (Fsp3) is 0.235. The van der Waals surface area contributed by atoms with Crippen LogP contribution in [0.3, 0.4) is 0 Å². The molecule has 2 aromatic carbocycles. The van der Waals surface area contributed by atoms with Crippen molar-refractivity contribution in [3.8, 4) is 0 Å². The van der Waals surface area contributed by atoms with E-state index in [1.165, 1.54) is 0 Å². The molecule has 0 saturated heterocycles. The number of hydrogen-bond donors (Lipinski definition) is 1. The normalized spacial score (nSPS) is 13.7. The van der Waals surface area contributed by atoms with Crippen molar-refractivity contribution < 1.29 is 9.53 Å². The maximum atomic E-state index is 12.6. The molecule has 110 valence electrons. The maximum Gasteiger partial charge on any atom is 0.182 e. The molecule has 2 atom stereocenters. The number of Topliss-reactive ketones (excluding diaryl/α,β-unsaturated/α-hetero) is 1. The molecule has 2 aromatic rings. The number of ketones is 1. The number of ether oxygens (including phenoxy) is 1. The van der Waals surface area contributed by atoms with Gasteiger partial charge in [0.25, 0.3) is 0 Å². The van der Waals surface area contributed by atoms with Gasteiger partial charge in [0.05, 0.1) is 0 Å². The van der Waals surface area contributed by atoms with E-state index >= 15 is 0 Å². The van der Waals surface area contributed by atoms with Crippen molar-refractivity contribution in [1.82, 2.24) is 5.32 Å². The summed E-state index contributed by atoms with van der Waals surface area (Å²) >= 11 is 5.91. The Hall–Kier alpha value is -1.68. The van der Waals surface area contributed by atoms with Crippen LogP contribution in [0.15, 0.2) is 54.6 Å². The average Bonchev–Trinajstić information content (AvgIpc) is 2.54. The SMILES string of the molecule is CN[C@H](C(=O)c1ccccc1)[C@@H](OC)c1ccc(Cl)cc1. The molecule has 0 amide bonds. The first-order chi connectivity index (χ1) is 10.2. The van der Waals surface area contributed by atoms with Gasteiger partial charge in [-0.25, -0.2) is 0 Å². The summed E-state index contributed by atoms with van der Waals surface area (Å²) in [5.41, 5.74) is 1.57. The van der Waals surface area contributed by atoms with Gasteiger partial charge in [-0.05, 0) is 24.7 Å². The number of halogens is 1. The van der Waals surface area contributed by atoms with Crippen molar-refractivity contribution in [3.05, 3.63) is 70.7 Å².